The number of aromatic nitrogens is 2. The van der Waals surface area contributed by atoms with Gasteiger partial charge in [0.15, 0.2) is 17.5 Å². The molecule has 0 aliphatic heterocycles. The van der Waals surface area contributed by atoms with E-state index in [1.807, 2.05) is 0 Å². The second-order valence-corrected chi connectivity index (χ2v) is 5.73. The van der Waals surface area contributed by atoms with Crippen molar-refractivity contribution in [2.24, 2.45) is 0 Å². The lowest BCUT2D eigenvalue weighted by atomic mass is 10.1. The molecule has 2 aromatic carbocycles. The quantitative estimate of drug-likeness (QED) is 0.494. The van der Waals surface area contributed by atoms with Crippen LogP contribution >= 0.6 is 0 Å². The van der Waals surface area contributed by atoms with Gasteiger partial charge in [0.05, 0.1) is 5.69 Å². The largest absolute Gasteiger partial charge is 0.370 e. The van der Waals surface area contributed by atoms with Crippen LogP contribution in [0.2, 0.25) is 0 Å². The van der Waals surface area contributed by atoms with Gasteiger partial charge >= 0.3 is 0 Å². The van der Waals surface area contributed by atoms with Gasteiger partial charge in [-0.1, -0.05) is 18.2 Å². The maximum atomic E-state index is 13.7. The minimum absolute atomic E-state index is 0.118. The lowest BCUT2D eigenvalue weighted by molar-refractivity contribution is 0.102. The maximum Gasteiger partial charge on any atom is 0.274 e. The van der Waals surface area contributed by atoms with E-state index in [4.69, 9.17) is 0 Å². The number of rotatable bonds is 6. The zero-order chi connectivity index (χ0) is 20.1. The molecule has 9 heteroatoms. The molecule has 0 saturated carbocycles. The highest BCUT2D eigenvalue weighted by molar-refractivity contribution is 6.03. The summed E-state index contributed by atoms with van der Waals surface area (Å²) in [4.78, 5) is 19.9. The number of halogens is 4. The zero-order valence-electron chi connectivity index (χ0n) is 14.3. The topological polar surface area (TPSA) is 66.9 Å². The normalized spacial score (nSPS) is 10.6. The van der Waals surface area contributed by atoms with Crippen molar-refractivity contribution in [1.82, 2.24) is 9.97 Å². The molecule has 0 fully saturated rings. The van der Waals surface area contributed by atoms with Crippen LogP contribution in [0, 0.1) is 23.3 Å². The van der Waals surface area contributed by atoms with E-state index in [-0.39, 0.29) is 11.5 Å². The lowest BCUT2D eigenvalue weighted by Crippen LogP contribution is -2.16. The van der Waals surface area contributed by atoms with Crippen molar-refractivity contribution in [3.8, 4) is 0 Å². The van der Waals surface area contributed by atoms with Crippen molar-refractivity contribution < 1.29 is 22.4 Å². The molecule has 3 aromatic rings. The Morgan fingerprint density at radius 1 is 0.929 bits per heavy atom. The number of anilines is 2. The highest BCUT2D eigenvalue weighted by Gasteiger charge is 2.17. The molecule has 144 valence electrons. The Morgan fingerprint density at radius 3 is 2.50 bits per heavy atom. The van der Waals surface area contributed by atoms with Crippen molar-refractivity contribution in [2.75, 3.05) is 17.2 Å². The predicted octanol–water partition coefficient (Wildman–Crippen LogP) is 3.94. The van der Waals surface area contributed by atoms with Gasteiger partial charge in [-0.3, -0.25) is 4.79 Å². The summed E-state index contributed by atoms with van der Waals surface area (Å²) in [5.74, 6) is -5.41. The summed E-state index contributed by atoms with van der Waals surface area (Å²) < 4.78 is 53.5. The standard InChI is InChI=1S/C19H14F4N4O/c20-12-4-2-1-3-11(12)7-8-24-16-9-15(25-10-26-16)19(28)27-14-6-5-13(21)17(22)18(14)23/h1-6,9-10H,7-8H2,(H,27,28)(H,24,25,26). The van der Waals surface area contributed by atoms with Crippen LogP contribution in [0.5, 0.6) is 0 Å². The molecule has 0 spiro atoms. The number of nitrogens with zero attached hydrogens (tertiary/aromatic N) is 2. The Morgan fingerprint density at radius 2 is 1.71 bits per heavy atom. The second-order valence-electron chi connectivity index (χ2n) is 5.73. The van der Waals surface area contributed by atoms with Crippen LogP contribution in [0.3, 0.4) is 0 Å². The van der Waals surface area contributed by atoms with E-state index in [0.29, 0.717) is 30.4 Å². The first kappa shape index (κ1) is 19.3. The molecule has 28 heavy (non-hydrogen) atoms. The molecule has 0 saturated heterocycles. The number of amides is 1. The van der Waals surface area contributed by atoms with Crippen molar-refractivity contribution in [2.45, 2.75) is 6.42 Å². The maximum absolute atomic E-state index is 13.7. The minimum atomic E-state index is -1.68. The fraction of sp³-hybridized carbons (Fsp3) is 0.105. The third-order valence-corrected chi connectivity index (χ3v) is 3.84. The minimum Gasteiger partial charge on any atom is -0.370 e. The fourth-order valence-electron chi connectivity index (χ4n) is 2.41. The van der Waals surface area contributed by atoms with E-state index < -0.39 is 29.0 Å². The van der Waals surface area contributed by atoms with Gasteiger partial charge < -0.3 is 10.6 Å². The van der Waals surface area contributed by atoms with Gasteiger partial charge in [-0.15, -0.1) is 0 Å². The smallest absolute Gasteiger partial charge is 0.274 e. The van der Waals surface area contributed by atoms with Crippen molar-refractivity contribution in [3.05, 3.63) is 83.3 Å². The average molecular weight is 390 g/mol. The first-order valence-corrected chi connectivity index (χ1v) is 8.20. The molecule has 0 bridgehead atoms. The monoisotopic (exact) mass is 390 g/mol. The summed E-state index contributed by atoms with van der Waals surface area (Å²) in [7, 11) is 0. The number of benzene rings is 2. The van der Waals surface area contributed by atoms with Gasteiger partial charge in [0.2, 0.25) is 0 Å². The van der Waals surface area contributed by atoms with Crippen LogP contribution in [0.15, 0.2) is 48.8 Å². The van der Waals surface area contributed by atoms with Gasteiger partial charge in [0.25, 0.3) is 5.91 Å². The van der Waals surface area contributed by atoms with Crippen LogP contribution in [0.25, 0.3) is 0 Å². The van der Waals surface area contributed by atoms with E-state index in [1.54, 1.807) is 18.2 Å². The zero-order valence-corrected chi connectivity index (χ0v) is 14.3. The number of nitrogens with one attached hydrogen (secondary N) is 2. The van der Waals surface area contributed by atoms with Crippen LogP contribution in [-0.2, 0) is 6.42 Å². The van der Waals surface area contributed by atoms with Crippen LogP contribution in [0.4, 0.5) is 29.1 Å². The number of hydrogen-bond acceptors (Lipinski definition) is 4. The second kappa shape index (κ2) is 8.47. The highest BCUT2D eigenvalue weighted by atomic mass is 19.2. The highest BCUT2D eigenvalue weighted by Crippen LogP contribution is 2.20. The summed E-state index contributed by atoms with van der Waals surface area (Å²) in [5, 5.41) is 5.05. The van der Waals surface area contributed by atoms with Gasteiger partial charge in [0, 0.05) is 12.6 Å². The molecule has 1 amide bonds. The molecule has 1 heterocycles. The Hall–Kier alpha value is -3.49. The molecular formula is C19H14F4N4O. The third kappa shape index (κ3) is 4.43. The van der Waals surface area contributed by atoms with Gasteiger partial charge in [0.1, 0.15) is 23.7 Å². The molecule has 5 nitrogen and oxygen atoms in total. The van der Waals surface area contributed by atoms with Gasteiger partial charge in [-0.2, -0.15) is 0 Å². The van der Waals surface area contributed by atoms with E-state index in [2.05, 4.69) is 20.6 Å². The van der Waals surface area contributed by atoms with Crippen LogP contribution in [-0.4, -0.2) is 22.4 Å². The SMILES string of the molecule is O=C(Nc1ccc(F)c(F)c1F)c1cc(NCCc2ccccc2F)ncn1. The number of carbonyl (C=O) groups is 1. The summed E-state index contributed by atoms with van der Waals surface area (Å²) >= 11 is 0. The molecule has 3 rings (SSSR count). The number of hydrogen-bond donors (Lipinski definition) is 2. The van der Waals surface area contributed by atoms with Crippen molar-refractivity contribution >= 4 is 17.4 Å². The summed E-state index contributed by atoms with van der Waals surface area (Å²) in [6.45, 7) is 0.344. The first-order valence-electron chi connectivity index (χ1n) is 8.20. The Bertz CT molecular complexity index is 1010. The molecule has 1 aromatic heterocycles. The molecular weight excluding hydrogens is 376 g/mol. The van der Waals surface area contributed by atoms with Crippen molar-refractivity contribution in [1.29, 1.82) is 0 Å². The molecule has 0 unspecified atom stereocenters. The molecule has 0 aliphatic carbocycles. The molecule has 2 N–H and O–H groups in total. The average Bonchev–Trinajstić information content (AvgIpc) is 2.70. The van der Waals surface area contributed by atoms with Crippen molar-refractivity contribution in [3.63, 3.8) is 0 Å². The molecule has 0 radical (unpaired) electrons. The fourth-order valence-corrected chi connectivity index (χ4v) is 2.41. The molecule has 0 aliphatic rings. The van der Waals surface area contributed by atoms with Gasteiger partial charge in [-0.25, -0.2) is 27.5 Å². The summed E-state index contributed by atoms with van der Waals surface area (Å²) in [5.41, 5.74) is -0.111. The Balaban J connectivity index is 1.65. The first-order chi connectivity index (χ1) is 13.5. The van der Waals surface area contributed by atoms with Crippen LogP contribution in [0.1, 0.15) is 16.1 Å². The van der Waals surface area contributed by atoms with Crippen LogP contribution < -0.4 is 10.6 Å². The predicted molar refractivity (Wildman–Crippen MR) is 94.9 cm³/mol. The Labute approximate surface area is 157 Å². The van der Waals surface area contributed by atoms with E-state index in [9.17, 15) is 22.4 Å². The lowest BCUT2D eigenvalue weighted by Gasteiger charge is -2.09. The molecule has 0 atom stereocenters. The third-order valence-electron chi connectivity index (χ3n) is 3.84. The van der Waals surface area contributed by atoms with E-state index in [0.717, 1.165) is 12.4 Å². The van der Waals surface area contributed by atoms with E-state index >= 15 is 0 Å². The summed E-state index contributed by atoms with van der Waals surface area (Å²) in [6.07, 6.45) is 1.50. The Kier molecular flexibility index (Phi) is 5.83. The van der Waals surface area contributed by atoms with Gasteiger partial charge in [-0.05, 0) is 30.2 Å². The van der Waals surface area contributed by atoms with E-state index in [1.165, 1.54) is 12.1 Å². The number of carbonyl (C=O) groups excluding carboxylic acids is 1. The summed E-state index contributed by atoms with van der Waals surface area (Å²) in [6, 6.07) is 9.24.